The van der Waals surface area contributed by atoms with Gasteiger partial charge in [0.2, 0.25) is 0 Å². The molecule has 0 bridgehead atoms. The fourth-order valence-electron chi connectivity index (χ4n) is 1.90. The van der Waals surface area contributed by atoms with Gasteiger partial charge in [-0.05, 0) is 34.8 Å². The summed E-state index contributed by atoms with van der Waals surface area (Å²) in [4.78, 5) is 0. The second kappa shape index (κ2) is 6.17. The number of alkyl halides is 6. The third-order valence-electron chi connectivity index (χ3n) is 3.03. The van der Waals surface area contributed by atoms with Gasteiger partial charge in [-0.1, -0.05) is 13.8 Å². The summed E-state index contributed by atoms with van der Waals surface area (Å²) in [5.41, 5.74) is -0.754. The number of rotatable bonds is 3. The van der Waals surface area contributed by atoms with Gasteiger partial charge in [0.15, 0.2) is 0 Å². The first-order valence-corrected chi connectivity index (χ1v) is 6.92. The van der Waals surface area contributed by atoms with Crippen LogP contribution >= 0.6 is 15.9 Å². The van der Waals surface area contributed by atoms with Gasteiger partial charge in [-0.15, -0.1) is 13.2 Å². The quantitative estimate of drug-likeness (QED) is 0.652. The molecule has 126 valence electrons. The van der Waals surface area contributed by atoms with Crippen LogP contribution in [0.15, 0.2) is 10.5 Å². The maximum atomic E-state index is 12.8. The van der Waals surface area contributed by atoms with E-state index in [9.17, 15) is 31.4 Å². The molecule has 0 aliphatic heterocycles. The van der Waals surface area contributed by atoms with E-state index >= 15 is 0 Å². The second-order valence-electron chi connectivity index (χ2n) is 5.01. The van der Waals surface area contributed by atoms with E-state index in [1.54, 1.807) is 0 Å². The Balaban J connectivity index is 3.57. The Labute approximate surface area is 131 Å². The molecule has 1 unspecified atom stereocenters. The van der Waals surface area contributed by atoms with Crippen molar-refractivity contribution in [3.8, 4) is 11.5 Å². The molecular formula is C13H13BrF6O2. The molecule has 1 atom stereocenters. The predicted molar refractivity (Wildman–Crippen MR) is 71.0 cm³/mol. The summed E-state index contributed by atoms with van der Waals surface area (Å²) in [6.07, 6.45) is -9.77. The van der Waals surface area contributed by atoms with Gasteiger partial charge in [0.05, 0.1) is 10.4 Å². The van der Waals surface area contributed by atoms with Crippen LogP contribution in [-0.4, -0.2) is 17.6 Å². The van der Waals surface area contributed by atoms with Gasteiger partial charge >= 0.3 is 12.5 Å². The molecule has 9 heteroatoms. The third kappa shape index (κ3) is 4.21. The number of phenolic OH excluding ortho intramolecular Hbond substituents is 1. The lowest BCUT2D eigenvalue weighted by atomic mass is 9.93. The zero-order chi connectivity index (χ0) is 17.5. The lowest BCUT2D eigenvalue weighted by Gasteiger charge is -2.23. The number of halogens is 7. The average molecular weight is 395 g/mol. The topological polar surface area (TPSA) is 29.5 Å². The summed E-state index contributed by atoms with van der Waals surface area (Å²) in [5, 5.41) is 9.90. The second-order valence-corrected chi connectivity index (χ2v) is 5.80. The summed E-state index contributed by atoms with van der Waals surface area (Å²) >= 11 is 2.86. The number of hydrogen-bond acceptors (Lipinski definition) is 2. The molecule has 0 aromatic heterocycles. The van der Waals surface area contributed by atoms with E-state index in [-0.39, 0.29) is 10.0 Å². The molecule has 0 spiro atoms. The van der Waals surface area contributed by atoms with Crippen LogP contribution in [0.4, 0.5) is 26.3 Å². The van der Waals surface area contributed by atoms with Gasteiger partial charge in [0.25, 0.3) is 0 Å². The number of benzene rings is 1. The molecule has 0 aliphatic rings. The first kappa shape index (κ1) is 18.9. The molecular weight excluding hydrogens is 382 g/mol. The van der Waals surface area contributed by atoms with Crippen molar-refractivity contribution in [2.24, 2.45) is 0 Å². The Kier molecular flexibility index (Phi) is 5.31. The standard InChI is InChI=1S/C13H13BrF6O2/c1-5(2)9-8(22-13(18,19)20)4-7(11(21)10(9)14)6(3)12(15,16)17/h4-6,21H,1-3H3. The van der Waals surface area contributed by atoms with E-state index in [1.165, 1.54) is 13.8 Å². The van der Waals surface area contributed by atoms with Gasteiger partial charge in [-0.2, -0.15) is 13.2 Å². The SMILES string of the molecule is CC(C)c1c(OC(F)(F)F)cc(C(C)C(F)(F)F)c(O)c1Br. The molecule has 1 aromatic carbocycles. The van der Waals surface area contributed by atoms with Crippen LogP contribution in [0.25, 0.3) is 0 Å². The van der Waals surface area contributed by atoms with Crippen molar-refractivity contribution >= 4 is 15.9 Å². The zero-order valence-electron chi connectivity index (χ0n) is 11.7. The minimum absolute atomic E-state index is 0.0621. The Morgan fingerprint density at radius 3 is 1.95 bits per heavy atom. The number of phenols is 1. The van der Waals surface area contributed by atoms with Crippen LogP contribution < -0.4 is 4.74 Å². The third-order valence-corrected chi connectivity index (χ3v) is 3.83. The lowest BCUT2D eigenvalue weighted by molar-refractivity contribution is -0.275. The Hall–Kier alpha value is -1.12. The van der Waals surface area contributed by atoms with E-state index in [0.717, 1.165) is 6.92 Å². The fourth-order valence-corrected chi connectivity index (χ4v) is 2.79. The van der Waals surface area contributed by atoms with Crippen molar-refractivity contribution in [1.82, 2.24) is 0 Å². The molecule has 0 saturated carbocycles. The largest absolute Gasteiger partial charge is 0.573 e. The van der Waals surface area contributed by atoms with Crippen LogP contribution in [0.2, 0.25) is 0 Å². The van der Waals surface area contributed by atoms with E-state index < -0.39 is 41.4 Å². The molecule has 0 radical (unpaired) electrons. The highest BCUT2D eigenvalue weighted by Gasteiger charge is 2.41. The van der Waals surface area contributed by atoms with Crippen LogP contribution in [0.1, 0.15) is 43.7 Å². The van der Waals surface area contributed by atoms with Crippen molar-refractivity contribution in [2.45, 2.75) is 45.1 Å². The van der Waals surface area contributed by atoms with Crippen molar-refractivity contribution in [2.75, 3.05) is 0 Å². The Bertz CT molecular complexity index is 551. The molecule has 0 saturated heterocycles. The monoisotopic (exact) mass is 394 g/mol. The van der Waals surface area contributed by atoms with Gasteiger partial charge < -0.3 is 9.84 Å². The lowest BCUT2D eigenvalue weighted by Crippen LogP contribution is -2.21. The number of aromatic hydroxyl groups is 1. The average Bonchev–Trinajstić information content (AvgIpc) is 2.29. The smallest absolute Gasteiger partial charge is 0.506 e. The van der Waals surface area contributed by atoms with E-state index in [2.05, 4.69) is 20.7 Å². The summed E-state index contributed by atoms with van der Waals surface area (Å²) in [6.45, 7) is 3.79. The molecule has 2 nitrogen and oxygen atoms in total. The van der Waals surface area contributed by atoms with Crippen molar-refractivity contribution < 1.29 is 36.2 Å². The molecule has 1 aromatic rings. The predicted octanol–water partition coefficient (Wildman–Crippen LogP) is 5.84. The summed E-state index contributed by atoms with van der Waals surface area (Å²) < 4.78 is 79.3. The van der Waals surface area contributed by atoms with E-state index in [0.29, 0.717) is 6.07 Å². The minimum atomic E-state index is -5.06. The molecule has 0 amide bonds. The van der Waals surface area contributed by atoms with Crippen LogP contribution in [0.3, 0.4) is 0 Å². The molecule has 1 N–H and O–H groups in total. The molecule has 1 rings (SSSR count). The molecule has 0 aliphatic carbocycles. The highest BCUT2D eigenvalue weighted by atomic mass is 79.9. The first-order chi connectivity index (χ1) is 9.75. The van der Waals surface area contributed by atoms with E-state index in [4.69, 9.17) is 0 Å². The summed E-state index contributed by atoms with van der Waals surface area (Å²) in [6, 6.07) is 0.584. The fraction of sp³-hybridized carbons (Fsp3) is 0.538. The van der Waals surface area contributed by atoms with Gasteiger partial charge in [0, 0.05) is 11.1 Å². The highest BCUT2D eigenvalue weighted by molar-refractivity contribution is 9.10. The molecule has 0 fully saturated rings. The Morgan fingerprint density at radius 1 is 1.09 bits per heavy atom. The van der Waals surface area contributed by atoms with E-state index in [1.807, 2.05) is 0 Å². The zero-order valence-corrected chi connectivity index (χ0v) is 13.3. The number of hydrogen-bond donors (Lipinski definition) is 1. The van der Waals surface area contributed by atoms with Crippen LogP contribution in [0.5, 0.6) is 11.5 Å². The van der Waals surface area contributed by atoms with Crippen LogP contribution in [0, 0.1) is 0 Å². The van der Waals surface area contributed by atoms with Crippen molar-refractivity contribution in [3.05, 3.63) is 21.7 Å². The maximum Gasteiger partial charge on any atom is 0.573 e. The van der Waals surface area contributed by atoms with Gasteiger partial charge in [-0.25, -0.2) is 0 Å². The number of ether oxygens (including phenoxy) is 1. The molecule has 22 heavy (non-hydrogen) atoms. The summed E-state index contributed by atoms with van der Waals surface area (Å²) in [7, 11) is 0. The van der Waals surface area contributed by atoms with Crippen LogP contribution in [-0.2, 0) is 0 Å². The normalized spacial score (nSPS) is 14.3. The maximum absolute atomic E-state index is 12.8. The van der Waals surface area contributed by atoms with Gasteiger partial charge in [-0.3, -0.25) is 0 Å². The molecule has 0 heterocycles. The summed E-state index contributed by atoms with van der Waals surface area (Å²) in [5.74, 6) is -4.19. The van der Waals surface area contributed by atoms with Crippen molar-refractivity contribution in [1.29, 1.82) is 0 Å². The van der Waals surface area contributed by atoms with Gasteiger partial charge in [0.1, 0.15) is 11.5 Å². The first-order valence-electron chi connectivity index (χ1n) is 6.13. The van der Waals surface area contributed by atoms with Crippen molar-refractivity contribution in [3.63, 3.8) is 0 Å². The highest BCUT2D eigenvalue weighted by Crippen LogP contribution is 2.48. The minimum Gasteiger partial charge on any atom is -0.506 e. The Morgan fingerprint density at radius 2 is 1.59 bits per heavy atom.